The minimum absolute atomic E-state index is 0.0416. The van der Waals surface area contributed by atoms with Gasteiger partial charge in [0.2, 0.25) is 5.91 Å². The van der Waals surface area contributed by atoms with Gasteiger partial charge in [0.05, 0.1) is 14.2 Å². The number of carbonyl (C=O) groups excluding carboxylic acids is 3. The van der Waals surface area contributed by atoms with Crippen molar-refractivity contribution in [2.24, 2.45) is 0 Å². The smallest absolute Gasteiger partial charge is 0.254 e. The summed E-state index contributed by atoms with van der Waals surface area (Å²) in [5.74, 6) is 0.931. The highest BCUT2D eigenvalue weighted by molar-refractivity contribution is 7.08. The van der Waals surface area contributed by atoms with Crippen LogP contribution >= 0.6 is 11.3 Å². The minimum atomic E-state index is -0.116. The Kier molecular flexibility index (Phi) is 7.88. The number of hydrogen-bond acceptors (Lipinski definition) is 6. The molecule has 0 radical (unpaired) electrons. The number of rotatable bonds is 8. The summed E-state index contributed by atoms with van der Waals surface area (Å²) in [7, 11) is 3.09. The van der Waals surface area contributed by atoms with Crippen LogP contribution in [0.5, 0.6) is 11.5 Å². The number of nitrogens with one attached hydrogen (secondary N) is 1. The fourth-order valence-electron chi connectivity index (χ4n) is 3.37. The lowest BCUT2D eigenvalue weighted by Gasteiger charge is -2.35. The number of ether oxygens (including phenoxy) is 2. The van der Waals surface area contributed by atoms with Crippen LogP contribution in [0.3, 0.4) is 0 Å². The van der Waals surface area contributed by atoms with Crippen molar-refractivity contribution in [1.82, 2.24) is 15.1 Å². The molecule has 1 aromatic carbocycles. The van der Waals surface area contributed by atoms with Crippen LogP contribution < -0.4 is 14.8 Å². The van der Waals surface area contributed by atoms with Crippen LogP contribution in [-0.2, 0) is 4.79 Å². The second-order valence-corrected chi connectivity index (χ2v) is 7.93. The van der Waals surface area contributed by atoms with E-state index in [0.717, 1.165) is 0 Å². The van der Waals surface area contributed by atoms with E-state index in [1.807, 2.05) is 5.38 Å². The molecule has 3 amide bonds. The molecule has 1 N–H and O–H groups in total. The van der Waals surface area contributed by atoms with Crippen LogP contribution in [0.1, 0.15) is 33.6 Å². The Hall–Kier alpha value is -3.07. The third-order valence-corrected chi connectivity index (χ3v) is 5.84. The summed E-state index contributed by atoms with van der Waals surface area (Å²) >= 11 is 1.47. The largest absolute Gasteiger partial charge is 0.497 e. The predicted octanol–water partition coefficient (Wildman–Crippen LogP) is 2.26. The Morgan fingerprint density at radius 2 is 1.61 bits per heavy atom. The summed E-state index contributed by atoms with van der Waals surface area (Å²) in [5.41, 5.74) is 1.14. The number of amides is 3. The number of carbonyl (C=O) groups is 3. The highest BCUT2D eigenvalue weighted by atomic mass is 32.1. The average Bonchev–Trinajstić information content (AvgIpc) is 3.36. The van der Waals surface area contributed by atoms with Crippen LogP contribution in [0.15, 0.2) is 35.0 Å². The normalized spacial score (nSPS) is 13.6. The van der Waals surface area contributed by atoms with Gasteiger partial charge >= 0.3 is 0 Å². The van der Waals surface area contributed by atoms with Gasteiger partial charge in [-0.2, -0.15) is 11.3 Å². The van der Waals surface area contributed by atoms with E-state index >= 15 is 0 Å². The molecule has 0 bridgehead atoms. The number of hydrogen-bond donors (Lipinski definition) is 1. The van der Waals surface area contributed by atoms with Crippen LogP contribution in [0.4, 0.5) is 0 Å². The summed E-state index contributed by atoms with van der Waals surface area (Å²) < 4.78 is 10.5. The van der Waals surface area contributed by atoms with E-state index in [2.05, 4.69) is 5.32 Å². The Labute approximate surface area is 185 Å². The van der Waals surface area contributed by atoms with E-state index in [4.69, 9.17) is 9.47 Å². The molecular formula is C22H27N3O5S. The number of methoxy groups -OCH3 is 2. The first-order valence-electron chi connectivity index (χ1n) is 10.1. The first-order valence-corrected chi connectivity index (χ1v) is 11.1. The van der Waals surface area contributed by atoms with E-state index < -0.39 is 0 Å². The summed E-state index contributed by atoms with van der Waals surface area (Å²) in [6.07, 6.45) is 0.947. The van der Waals surface area contributed by atoms with Gasteiger partial charge in [0, 0.05) is 61.7 Å². The van der Waals surface area contributed by atoms with Gasteiger partial charge in [-0.05, 0) is 30.0 Å². The second-order valence-electron chi connectivity index (χ2n) is 7.15. The van der Waals surface area contributed by atoms with Crippen LogP contribution in [0.2, 0.25) is 0 Å². The van der Waals surface area contributed by atoms with Gasteiger partial charge in [-0.25, -0.2) is 0 Å². The Morgan fingerprint density at radius 1 is 0.968 bits per heavy atom. The molecule has 0 unspecified atom stereocenters. The van der Waals surface area contributed by atoms with Crippen LogP contribution in [0.25, 0.3) is 0 Å². The molecule has 0 spiro atoms. The summed E-state index contributed by atoms with van der Waals surface area (Å²) in [6, 6.07) is 6.86. The van der Waals surface area contributed by atoms with E-state index in [1.165, 1.54) is 11.3 Å². The molecule has 9 heteroatoms. The van der Waals surface area contributed by atoms with Gasteiger partial charge in [-0.15, -0.1) is 0 Å². The van der Waals surface area contributed by atoms with Crippen molar-refractivity contribution in [3.63, 3.8) is 0 Å². The lowest BCUT2D eigenvalue weighted by Crippen LogP contribution is -2.50. The molecule has 1 aromatic heterocycles. The molecule has 1 aliphatic heterocycles. The minimum Gasteiger partial charge on any atom is -0.497 e. The van der Waals surface area contributed by atoms with E-state index in [0.29, 0.717) is 68.2 Å². The zero-order valence-electron chi connectivity index (χ0n) is 17.8. The SMILES string of the molecule is COc1cc(OC)cc(C(=O)N2CCN(C(=O)CCCNC(=O)c3ccsc3)CC2)c1. The fourth-order valence-corrected chi connectivity index (χ4v) is 4.00. The van der Waals surface area contributed by atoms with Gasteiger partial charge < -0.3 is 24.6 Å². The zero-order valence-corrected chi connectivity index (χ0v) is 18.6. The molecule has 1 aliphatic rings. The molecule has 2 heterocycles. The number of nitrogens with zero attached hydrogens (tertiary/aromatic N) is 2. The number of benzene rings is 1. The van der Waals surface area contributed by atoms with Crippen molar-refractivity contribution in [3.8, 4) is 11.5 Å². The maximum atomic E-state index is 12.9. The topological polar surface area (TPSA) is 88.2 Å². The molecule has 0 saturated carbocycles. The maximum absolute atomic E-state index is 12.9. The van der Waals surface area contributed by atoms with Crippen LogP contribution in [0, 0.1) is 0 Å². The first kappa shape index (κ1) is 22.6. The van der Waals surface area contributed by atoms with E-state index in [-0.39, 0.29) is 17.7 Å². The molecule has 1 saturated heterocycles. The Balaban J connectivity index is 1.43. The van der Waals surface area contributed by atoms with E-state index in [9.17, 15) is 14.4 Å². The van der Waals surface area contributed by atoms with Crippen molar-refractivity contribution in [1.29, 1.82) is 0 Å². The summed E-state index contributed by atoms with van der Waals surface area (Å²) in [6.45, 7) is 2.38. The molecule has 8 nitrogen and oxygen atoms in total. The lowest BCUT2D eigenvalue weighted by molar-refractivity contribution is -0.132. The number of piperazine rings is 1. The second kappa shape index (κ2) is 10.8. The Bertz CT molecular complexity index is 886. The van der Waals surface area contributed by atoms with Gasteiger partial charge in [0.1, 0.15) is 11.5 Å². The molecule has 31 heavy (non-hydrogen) atoms. The highest BCUT2D eigenvalue weighted by Crippen LogP contribution is 2.24. The summed E-state index contributed by atoms with van der Waals surface area (Å²) in [5, 5.41) is 6.48. The highest BCUT2D eigenvalue weighted by Gasteiger charge is 2.25. The van der Waals surface area contributed by atoms with Gasteiger partial charge in [0.25, 0.3) is 11.8 Å². The van der Waals surface area contributed by atoms with Crippen molar-refractivity contribution in [2.75, 3.05) is 46.9 Å². The molecule has 2 aromatic rings. The molecular weight excluding hydrogens is 418 g/mol. The van der Waals surface area contributed by atoms with Gasteiger partial charge in [-0.3, -0.25) is 14.4 Å². The predicted molar refractivity (Wildman–Crippen MR) is 118 cm³/mol. The van der Waals surface area contributed by atoms with Crippen molar-refractivity contribution < 1.29 is 23.9 Å². The molecule has 0 aliphatic carbocycles. The first-order chi connectivity index (χ1) is 15.0. The number of thiophene rings is 1. The molecule has 0 atom stereocenters. The standard InChI is InChI=1S/C22H27N3O5S/c1-29-18-12-17(13-19(14-18)30-2)22(28)25-9-7-24(8-10-25)20(26)4-3-6-23-21(27)16-5-11-31-15-16/h5,11-15H,3-4,6-10H2,1-2H3,(H,23,27). The van der Waals surface area contributed by atoms with Crippen molar-refractivity contribution >= 4 is 29.1 Å². The monoisotopic (exact) mass is 445 g/mol. The van der Waals surface area contributed by atoms with Gasteiger partial charge in [0.15, 0.2) is 0 Å². The Morgan fingerprint density at radius 3 is 2.19 bits per heavy atom. The van der Waals surface area contributed by atoms with Crippen molar-refractivity contribution in [3.05, 3.63) is 46.2 Å². The zero-order chi connectivity index (χ0) is 22.2. The third-order valence-electron chi connectivity index (χ3n) is 5.15. The molecule has 1 fully saturated rings. The summed E-state index contributed by atoms with van der Waals surface area (Å²) in [4.78, 5) is 40.7. The third kappa shape index (κ3) is 5.97. The van der Waals surface area contributed by atoms with Crippen molar-refractivity contribution in [2.45, 2.75) is 12.8 Å². The molecule has 166 valence electrons. The van der Waals surface area contributed by atoms with E-state index in [1.54, 1.807) is 53.7 Å². The fraction of sp³-hybridized carbons (Fsp3) is 0.409. The average molecular weight is 446 g/mol. The maximum Gasteiger partial charge on any atom is 0.254 e. The van der Waals surface area contributed by atoms with Crippen LogP contribution in [-0.4, -0.2) is 74.5 Å². The van der Waals surface area contributed by atoms with Gasteiger partial charge in [-0.1, -0.05) is 0 Å². The quantitative estimate of drug-likeness (QED) is 0.630. The lowest BCUT2D eigenvalue weighted by atomic mass is 10.1. The molecule has 3 rings (SSSR count).